The molecule has 23 heavy (non-hydrogen) atoms. The van der Waals surface area contributed by atoms with Gasteiger partial charge in [0.05, 0.1) is 17.0 Å². The molecule has 1 spiro atoms. The lowest BCUT2D eigenvalue weighted by Crippen LogP contribution is -2.49. The monoisotopic (exact) mass is 314 g/mol. The van der Waals surface area contributed by atoms with Gasteiger partial charge in [-0.3, -0.25) is 9.59 Å². The molecule has 1 aromatic heterocycles. The molecule has 0 bridgehead atoms. The minimum Gasteiger partial charge on any atom is -0.481 e. The maximum atomic E-state index is 11.8. The van der Waals surface area contributed by atoms with E-state index in [9.17, 15) is 9.59 Å². The first kappa shape index (κ1) is 15.7. The summed E-state index contributed by atoms with van der Waals surface area (Å²) in [7, 11) is 0. The van der Waals surface area contributed by atoms with Gasteiger partial charge >= 0.3 is 5.97 Å². The summed E-state index contributed by atoms with van der Waals surface area (Å²) in [4.78, 5) is 22.7. The van der Waals surface area contributed by atoms with Crippen LogP contribution in [0.5, 0.6) is 0 Å². The van der Waals surface area contributed by atoms with Crippen molar-refractivity contribution < 1.29 is 9.90 Å². The maximum Gasteiger partial charge on any atom is 0.306 e. The molecule has 2 aliphatic rings. The molecule has 0 aliphatic heterocycles. The normalized spacial score (nSPS) is 28.4. The average Bonchev–Trinajstić information content (AvgIpc) is 2.48. The summed E-state index contributed by atoms with van der Waals surface area (Å²) >= 11 is 0. The summed E-state index contributed by atoms with van der Waals surface area (Å²) in [5, 5.41) is 17.4. The van der Waals surface area contributed by atoms with E-state index in [4.69, 9.17) is 5.11 Å². The van der Waals surface area contributed by atoms with Crippen LogP contribution < -0.4 is 5.56 Å². The zero-order valence-corrected chi connectivity index (χ0v) is 13.5. The third-order valence-electron chi connectivity index (χ3n) is 5.18. The average molecular weight is 314 g/mol. The topological polar surface area (TPSA) is 83.0 Å². The molecule has 5 heteroatoms. The third kappa shape index (κ3) is 2.54. The van der Waals surface area contributed by atoms with Gasteiger partial charge in [-0.1, -0.05) is 32.0 Å². The number of hydrogen-bond acceptors (Lipinski definition) is 3. The highest BCUT2D eigenvalue weighted by molar-refractivity contribution is 5.84. The van der Waals surface area contributed by atoms with Crippen molar-refractivity contribution in [2.24, 2.45) is 11.3 Å². The molecule has 0 radical (unpaired) electrons. The zero-order valence-electron chi connectivity index (χ0n) is 13.5. The lowest BCUT2D eigenvalue weighted by molar-refractivity contribution is -0.155. The molecule has 5 nitrogen and oxygen atoms in total. The Bertz CT molecular complexity index is 782. The Morgan fingerprint density at radius 1 is 1.17 bits per heavy atom. The Morgan fingerprint density at radius 2 is 1.78 bits per heavy atom. The molecule has 122 valence electrons. The van der Waals surface area contributed by atoms with Crippen LogP contribution in [0.4, 0.5) is 0 Å². The second kappa shape index (κ2) is 5.80. The number of carboxylic acid groups (broad SMARTS) is 1. The molecule has 1 heterocycles. The summed E-state index contributed by atoms with van der Waals surface area (Å²) in [5.41, 5.74) is 1.01. The van der Waals surface area contributed by atoms with Crippen LogP contribution in [0.3, 0.4) is 0 Å². The summed E-state index contributed by atoms with van der Waals surface area (Å²) in [6.07, 6.45) is 3.56. The highest BCUT2D eigenvalue weighted by Gasteiger charge is 2.55. The minimum absolute atomic E-state index is 0.155. The summed E-state index contributed by atoms with van der Waals surface area (Å²) in [6, 6.07) is 7.54. The number of rotatable bonds is 2. The van der Waals surface area contributed by atoms with Crippen molar-refractivity contribution in [3.05, 3.63) is 40.3 Å². The second-order valence-corrected chi connectivity index (χ2v) is 6.53. The number of carboxylic acids is 1. The SMILES string of the molecule is CC.O=C(O)C1CC2(C1)CC(c1n[nH]c(=O)c3ccccc13)C2. The predicted octanol–water partition coefficient (Wildman–Crippen LogP) is 3.31. The number of benzene rings is 1. The van der Waals surface area contributed by atoms with E-state index in [2.05, 4.69) is 10.2 Å². The number of nitrogens with zero attached hydrogens (tertiary/aromatic N) is 1. The van der Waals surface area contributed by atoms with Gasteiger partial charge in [-0.05, 0) is 37.2 Å². The van der Waals surface area contributed by atoms with Crippen molar-refractivity contribution in [1.82, 2.24) is 10.2 Å². The highest BCUT2D eigenvalue weighted by atomic mass is 16.4. The number of carbonyl (C=O) groups is 1. The number of aliphatic carboxylic acids is 1. The molecular formula is C18H22N2O3. The van der Waals surface area contributed by atoms with Gasteiger partial charge in [0.1, 0.15) is 0 Å². The van der Waals surface area contributed by atoms with Crippen molar-refractivity contribution in [1.29, 1.82) is 0 Å². The summed E-state index contributed by atoms with van der Waals surface area (Å²) in [6.45, 7) is 4.00. The van der Waals surface area contributed by atoms with Crippen LogP contribution in [0.15, 0.2) is 29.1 Å². The Balaban J connectivity index is 0.000000753. The van der Waals surface area contributed by atoms with Crippen LogP contribution in [0.2, 0.25) is 0 Å². The van der Waals surface area contributed by atoms with Crippen LogP contribution in [-0.2, 0) is 4.79 Å². The van der Waals surface area contributed by atoms with E-state index in [-0.39, 0.29) is 16.9 Å². The molecule has 0 atom stereocenters. The van der Waals surface area contributed by atoms with E-state index in [1.165, 1.54) is 0 Å². The molecule has 4 rings (SSSR count). The van der Waals surface area contributed by atoms with E-state index in [1.54, 1.807) is 0 Å². The Hall–Kier alpha value is -2.17. The van der Waals surface area contributed by atoms with E-state index in [1.807, 2.05) is 38.1 Å². The van der Waals surface area contributed by atoms with Gasteiger partial charge in [-0.25, -0.2) is 5.10 Å². The van der Waals surface area contributed by atoms with Gasteiger partial charge in [-0.15, -0.1) is 0 Å². The molecule has 0 saturated heterocycles. The van der Waals surface area contributed by atoms with Crippen LogP contribution in [0, 0.1) is 11.3 Å². The lowest BCUT2D eigenvalue weighted by atomic mass is 9.47. The van der Waals surface area contributed by atoms with Crippen LogP contribution in [-0.4, -0.2) is 21.3 Å². The first-order chi connectivity index (χ1) is 11.1. The Labute approximate surface area is 134 Å². The molecule has 2 aliphatic carbocycles. The molecule has 0 amide bonds. The van der Waals surface area contributed by atoms with Gasteiger partial charge in [-0.2, -0.15) is 5.10 Å². The highest BCUT2D eigenvalue weighted by Crippen LogP contribution is 2.64. The van der Waals surface area contributed by atoms with Gasteiger partial charge < -0.3 is 5.11 Å². The van der Waals surface area contributed by atoms with Crippen LogP contribution >= 0.6 is 0 Å². The van der Waals surface area contributed by atoms with E-state index in [0.29, 0.717) is 11.3 Å². The number of hydrogen-bond donors (Lipinski definition) is 2. The molecule has 1 aromatic carbocycles. The standard InChI is InChI=1S/C16H16N2O3.C2H6/c19-14-12-4-2-1-3-11(12)13(17-18-14)9-5-16(6-9)7-10(8-16)15(20)21;1-2/h1-4,9-10H,5-8H2,(H,18,19)(H,20,21);1-2H3. The second-order valence-electron chi connectivity index (χ2n) is 6.53. The molecule has 2 N–H and O–H groups in total. The van der Waals surface area contributed by atoms with Crippen molar-refractivity contribution in [3.63, 3.8) is 0 Å². The fourth-order valence-electron chi connectivity index (χ4n) is 4.12. The van der Waals surface area contributed by atoms with Gasteiger partial charge in [0, 0.05) is 11.3 Å². The molecule has 2 aromatic rings. The van der Waals surface area contributed by atoms with Crippen molar-refractivity contribution in [2.45, 2.75) is 45.4 Å². The third-order valence-corrected chi connectivity index (χ3v) is 5.18. The van der Waals surface area contributed by atoms with Crippen LogP contribution in [0.25, 0.3) is 10.8 Å². The minimum atomic E-state index is -0.670. The predicted molar refractivity (Wildman–Crippen MR) is 88.5 cm³/mol. The van der Waals surface area contributed by atoms with Crippen molar-refractivity contribution in [2.75, 3.05) is 0 Å². The first-order valence-electron chi connectivity index (χ1n) is 8.28. The Morgan fingerprint density at radius 3 is 2.39 bits per heavy atom. The smallest absolute Gasteiger partial charge is 0.306 e. The lowest BCUT2D eigenvalue weighted by Gasteiger charge is -2.56. The molecular weight excluding hydrogens is 292 g/mol. The maximum absolute atomic E-state index is 11.8. The van der Waals surface area contributed by atoms with E-state index < -0.39 is 5.97 Å². The first-order valence-corrected chi connectivity index (χ1v) is 8.28. The van der Waals surface area contributed by atoms with Gasteiger partial charge in [0.25, 0.3) is 5.56 Å². The number of aromatic nitrogens is 2. The number of nitrogens with one attached hydrogen (secondary N) is 1. The summed E-state index contributed by atoms with van der Waals surface area (Å²) < 4.78 is 0. The van der Waals surface area contributed by atoms with Gasteiger partial charge in [0.2, 0.25) is 0 Å². The van der Waals surface area contributed by atoms with Gasteiger partial charge in [0.15, 0.2) is 0 Å². The summed E-state index contributed by atoms with van der Waals surface area (Å²) in [5.74, 6) is -0.496. The fraction of sp³-hybridized carbons (Fsp3) is 0.500. The number of aromatic amines is 1. The van der Waals surface area contributed by atoms with E-state index in [0.717, 1.165) is 36.8 Å². The van der Waals surface area contributed by atoms with E-state index >= 15 is 0 Å². The number of fused-ring (bicyclic) bond motifs is 1. The molecule has 2 saturated carbocycles. The number of H-pyrrole nitrogens is 1. The largest absolute Gasteiger partial charge is 0.481 e. The van der Waals surface area contributed by atoms with Crippen molar-refractivity contribution in [3.8, 4) is 0 Å². The quantitative estimate of drug-likeness (QED) is 0.891. The fourth-order valence-corrected chi connectivity index (χ4v) is 4.12. The van der Waals surface area contributed by atoms with Crippen molar-refractivity contribution >= 4 is 16.7 Å². The molecule has 0 unspecified atom stereocenters. The van der Waals surface area contributed by atoms with Crippen LogP contribution in [0.1, 0.15) is 51.1 Å². The molecule has 2 fully saturated rings. The Kier molecular flexibility index (Phi) is 3.96. The zero-order chi connectivity index (χ0) is 16.6.